The standard InChI is InChI=1S/C20H18O2/c1-16-12-14-19(15-13-16)22-20(17-8-4-2-5-9-17)21-18-10-6-3-7-11-18/h2-15,20H,1H3. The molecule has 0 bridgehead atoms. The average Bonchev–Trinajstić information content (AvgIpc) is 2.58. The highest BCUT2D eigenvalue weighted by Gasteiger charge is 2.15. The predicted molar refractivity (Wildman–Crippen MR) is 88.1 cm³/mol. The van der Waals surface area contributed by atoms with E-state index < -0.39 is 6.29 Å². The summed E-state index contributed by atoms with van der Waals surface area (Å²) < 4.78 is 12.0. The van der Waals surface area contributed by atoms with Crippen LogP contribution in [0.15, 0.2) is 84.9 Å². The van der Waals surface area contributed by atoms with Crippen LogP contribution in [0, 0.1) is 6.92 Å². The summed E-state index contributed by atoms with van der Waals surface area (Å²) in [5.74, 6) is 1.57. The van der Waals surface area contributed by atoms with Gasteiger partial charge in [-0.1, -0.05) is 66.2 Å². The number of rotatable bonds is 5. The van der Waals surface area contributed by atoms with E-state index in [1.165, 1.54) is 5.56 Å². The van der Waals surface area contributed by atoms with Crippen LogP contribution >= 0.6 is 0 Å². The Hall–Kier alpha value is -2.74. The summed E-state index contributed by atoms with van der Waals surface area (Å²) in [6, 6.07) is 27.6. The van der Waals surface area contributed by atoms with Crippen molar-refractivity contribution in [2.75, 3.05) is 0 Å². The maximum Gasteiger partial charge on any atom is 0.267 e. The second-order valence-electron chi connectivity index (χ2n) is 5.10. The van der Waals surface area contributed by atoms with Gasteiger partial charge in [-0.3, -0.25) is 0 Å². The Morgan fingerprint density at radius 2 is 1.09 bits per heavy atom. The largest absolute Gasteiger partial charge is 0.451 e. The number of benzene rings is 3. The lowest BCUT2D eigenvalue weighted by molar-refractivity contribution is 0.00381. The number of ether oxygens (including phenoxy) is 2. The fourth-order valence-corrected chi connectivity index (χ4v) is 2.13. The fraction of sp³-hybridized carbons (Fsp3) is 0.100. The predicted octanol–water partition coefficient (Wildman–Crippen LogP) is 5.15. The molecule has 110 valence electrons. The number of hydrogen-bond acceptors (Lipinski definition) is 2. The van der Waals surface area contributed by atoms with Crippen LogP contribution in [0.3, 0.4) is 0 Å². The molecule has 1 unspecified atom stereocenters. The van der Waals surface area contributed by atoms with E-state index in [-0.39, 0.29) is 0 Å². The topological polar surface area (TPSA) is 18.5 Å². The third-order valence-electron chi connectivity index (χ3n) is 3.32. The normalized spacial score (nSPS) is 11.7. The summed E-state index contributed by atoms with van der Waals surface area (Å²) in [5, 5.41) is 0. The van der Waals surface area contributed by atoms with Gasteiger partial charge in [0.25, 0.3) is 6.29 Å². The molecule has 0 heterocycles. The minimum absolute atomic E-state index is 0.480. The van der Waals surface area contributed by atoms with Crippen molar-refractivity contribution in [3.8, 4) is 11.5 Å². The molecule has 0 fully saturated rings. The molecule has 1 atom stereocenters. The quantitative estimate of drug-likeness (QED) is 0.605. The number of para-hydroxylation sites is 1. The van der Waals surface area contributed by atoms with Crippen molar-refractivity contribution in [3.05, 3.63) is 96.1 Å². The molecule has 0 amide bonds. The number of hydrogen-bond donors (Lipinski definition) is 0. The zero-order chi connectivity index (χ0) is 15.2. The van der Waals surface area contributed by atoms with Gasteiger partial charge in [0.05, 0.1) is 0 Å². The zero-order valence-corrected chi connectivity index (χ0v) is 12.5. The van der Waals surface area contributed by atoms with Gasteiger partial charge in [0, 0.05) is 5.56 Å². The third-order valence-corrected chi connectivity index (χ3v) is 3.32. The SMILES string of the molecule is Cc1ccc(OC(Oc2ccccc2)c2ccccc2)cc1. The summed E-state index contributed by atoms with van der Waals surface area (Å²) in [6.45, 7) is 2.05. The maximum absolute atomic E-state index is 6.04. The van der Waals surface area contributed by atoms with Crippen LogP contribution in [0.5, 0.6) is 11.5 Å². The van der Waals surface area contributed by atoms with Gasteiger partial charge < -0.3 is 9.47 Å². The fourth-order valence-electron chi connectivity index (χ4n) is 2.13. The molecule has 0 aliphatic rings. The van der Waals surface area contributed by atoms with Gasteiger partial charge in [-0.05, 0) is 31.2 Å². The van der Waals surface area contributed by atoms with Crippen molar-refractivity contribution >= 4 is 0 Å². The summed E-state index contributed by atoms with van der Waals surface area (Å²) in [5.41, 5.74) is 2.18. The molecule has 0 aromatic heterocycles. The minimum atomic E-state index is -0.480. The molecule has 3 aromatic rings. The second kappa shape index (κ2) is 6.81. The van der Waals surface area contributed by atoms with E-state index in [1.54, 1.807) is 0 Å². The molecule has 2 nitrogen and oxygen atoms in total. The van der Waals surface area contributed by atoms with Gasteiger partial charge in [-0.2, -0.15) is 0 Å². The molecule has 0 saturated carbocycles. The molecule has 0 saturated heterocycles. The molecule has 0 N–H and O–H groups in total. The summed E-state index contributed by atoms with van der Waals surface area (Å²) in [6.07, 6.45) is -0.480. The highest BCUT2D eigenvalue weighted by Crippen LogP contribution is 2.25. The Kier molecular flexibility index (Phi) is 4.40. The first-order chi connectivity index (χ1) is 10.8. The first kappa shape index (κ1) is 14.2. The van der Waals surface area contributed by atoms with Gasteiger partial charge in [0.1, 0.15) is 11.5 Å². The Morgan fingerprint density at radius 1 is 0.591 bits per heavy atom. The summed E-state index contributed by atoms with van der Waals surface area (Å²) in [7, 11) is 0. The van der Waals surface area contributed by atoms with Crippen molar-refractivity contribution in [1.82, 2.24) is 0 Å². The lowest BCUT2D eigenvalue weighted by Crippen LogP contribution is -2.14. The van der Waals surface area contributed by atoms with Crippen LogP contribution in [0.1, 0.15) is 17.4 Å². The van der Waals surface area contributed by atoms with E-state index in [0.29, 0.717) is 0 Å². The number of aryl methyl sites for hydroxylation is 1. The lowest BCUT2D eigenvalue weighted by atomic mass is 10.2. The van der Waals surface area contributed by atoms with E-state index in [0.717, 1.165) is 17.1 Å². The molecule has 0 aliphatic heterocycles. The van der Waals surface area contributed by atoms with Crippen LogP contribution in [-0.4, -0.2) is 0 Å². The average molecular weight is 290 g/mol. The van der Waals surface area contributed by atoms with Gasteiger partial charge in [-0.15, -0.1) is 0 Å². The molecular formula is C20H18O2. The Bertz CT molecular complexity index is 691. The van der Waals surface area contributed by atoms with Crippen LogP contribution in [-0.2, 0) is 0 Å². The van der Waals surface area contributed by atoms with Crippen molar-refractivity contribution in [1.29, 1.82) is 0 Å². The van der Waals surface area contributed by atoms with Crippen LogP contribution in [0.4, 0.5) is 0 Å². The minimum Gasteiger partial charge on any atom is -0.451 e. The highest BCUT2D eigenvalue weighted by atomic mass is 16.7. The Morgan fingerprint density at radius 3 is 1.68 bits per heavy atom. The summed E-state index contributed by atoms with van der Waals surface area (Å²) in [4.78, 5) is 0. The van der Waals surface area contributed by atoms with E-state index in [2.05, 4.69) is 6.92 Å². The highest BCUT2D eigenvalue weighted by molar-refractivity contribution is 5.28. The molecule has 3 aromatic carbocycles. The van der Waals surface area contributed by atoms with E-state index >= 15 is 0 Å². The zero-order valence-electron chi connectivity index (χ0n) is 12.5. The first-order valence-electron chi connectivity index (χ1n) is 7.31. The van der Waals surface area contributed by atoms with Crippen LogP contribution in [0.2, 0.25) is 0 Å². The second-order valence-corrected chi connectivity index (χ2v) is 5.10. The Labute approximate surface area is 131 Å². The van der Waals surface area contributed by atoms with Gasteiger partial charge in [-0.25, -0.2) is 0 Å². The molecule has 22 heavy (non-hydrogen) atoms. The molecule has 3 rings (SSSR count). The maximum atomic E-state index is 6.04. The van der Waals surface area contributed by atoms with Crippen molar-refractivity contribution < 1.29 is 9.47 Å². The van der Waals surface area contributed by atoms with E-state index in [1.807, 2.05) is 84.9 Å². The van der Waals surface area contributed by atoms with E-state index in [4.69, 9.17) is 9.47 Å². The molecule has 0 spiro atoms. The van der Waals surface area contributed by atoms with E-state index in [9.17, 15) is 0 Å². The van der Waals surface area contributed by atoms with Gasteiger partial charge >= 0.3 is 0 Å². The molecule has 0 aliphatic carbocycles. The van der Waals surface area contributed by atoms with Gasteiger partial charge in [0.15, 0.2) is 0 Å². The van der Waals surface area contributed by atoms with Crippen molar-refractivity contribution in [3.63, 3.8) is 0 Å². The smallest absolute Gasteiger partial charge is 0.267 e. The molecule has 0 radical (unpaired) electrons. The monoisotopic (exact) mass is 290 g/mol. The first-order valence-corrected chi connectivity index (χ1v) is 7.31. The molecule has 2 heteroatoms. The molecular weight excluding hydrogens is 272 g/mol. The lowest BCUT2D eigenvalue weighted by Gasteiger charge is -2.21. The van der Waals surface area contributed by atoms with Crippen LogP contribution in [0.25, 0.3) is 0 Å². The van der Waals surface area contributed by atoms with Crippen molar-refractivity contribution in [2.45, 2.75) is 13.2 Å². The third kappa shape index (κ3) is 3.67. The van der Waals surface area contributed by atoms with Crippen molar-refractivity contribution in [2.24, 2.45) is 0 Å². The van der Waals surface area contributed by atoms with Crippen LogP contribution < -0.4 is 9.47 Å². The Balaban J connectivity index is 1.84. The van der Waals surface area contributed by atoms with Gasteiger partial charge in [0.2, 0.25) is 0 Å². The summed E-state index contributed by atoms with van der Waals surface area (Å²) >= 11 is 0.